The van der Waals surface area contributed by atoms with E-state index in [1.807, 2.05) is 24.3 Å². The Hall–Kier alpha value is -2.32. The van der Waals surface area contributed by atoms with Crippen LogP contribution in [0.1, 0.15) is 36.8 Å². The number of thiol groups is 1. The molecule has 3 atom stereocenters. The molecular formula is C23H28N2O5S. The van der Waals surface area contributed by atoms with E-state index < -0.39 is 24.0 Å². The van der Waals surface area contributed by atoms with E-state index in [1.54, 1.807) is 16.3 Å². The van der Waals surface area contributed by atoms with Gasteiger partial charge in [-0.1, -0.05) is 30.5 Å². The van der Waals surface area contributed by atoms with Crippen LogP contribution in [0.3, 0.4) is 0 Å². The van der Waals surface area contributed by atoms with Gasteiger partial charge in [0, 0.05) is 25.4 Å². The first-order valence-electron chi connectivity index (χ1n) is 10.7. The molecule has 166 valence electrons. The highest BCUT2D eigenvalue weighted by atomic mass is 32.1. The van der Waals surface area contributed by atoms with Crippen LogP contribution < -0.4 is 4.74 Å². The number of nitrogens with zero attached hydrogens (tertiary/aromatic N) is 2. The van der Waals surface area contributed by atoms with E-state index in [0.717, 1.165) is 29.7 Å². The Balaban J connectivity index is 1.46. The van der Waals surface area contributed by atoms with Crippen molar-refractivity contribution in [1.82, 2.24) is 9.21 Å². The second-order valence-electron chi connectivity index (χ2n) is 8.40. The van der Waals surface area contributed by atoms with Crippen molar-refractivity contribution in [1.29, 1.82) is 0 Å². The summed E-state index contributed by atoms with van der Waals surface area (Å²) >= 11 is 4.48. The molecule has 2 aliphatic heterocycles. The first kappa shape index (κ1) is 21.9. The largest absolute Gasteiger partial charge is 0.497 e. The van der Waals surface area contributed by atoms with Crippen LogP contribution in [0.2, 0.25) is 0 Å². The van der Waals surface area contributed by atoms with Gasteiger partial charge in [-0.05, 0) is 48.9 Å². The maximum Gasteiger partial charge on any atom is 0.328 e. The van der Waals surface area contributed by atoms with Crippen LogP contribution >= 0.6 is 12.8 Å². The Kier molecular flexibility index (Phi) is 6.39. The lowest BCUT2D eigenvalue weighted by molar-refractivity contribution is -0.152. The summed E-state index contributed by atoms with van der Waals surface area (Å²) in [7, 11) is 2.97. The van der Waals surface area contributed by atoms with Crippen LogP contribution in [0.15, 0.2) is 23.8 Å². The van der Waals surface area contributed by atoms with E-state index in [9.17, 15) is 14.4 Å². The summed E-state index contributed by atoms with van der Waals surface area (Å²) in [6.07, 6.45) is 5.02. The van der Waals surface area contributed by atoms with Crippen LogP contribution in [-0.4, -0.2) is 66.3 Å². The van der Waals surface area contributed by atoms with Crippen LogP contribution in [-0.2, 0) is 25.5 Å². The van der Waals surface area contributed by atoms with Gasteiger partial charge in [0.15, 0.2) is 0 Å². The number of likely N-dealkylation sites (tertiary alicyclic amines) is 1. The van der Waals surface area contributed by atoms with Crippen molar-refractivity contribution in [3.63, 3.8) is 0 Å². The maximum atomic E-state index is 13.3. The first-order valence-corrected chi connectivity index (χ1v) is 11.1. The van der Waals surface area contributed by atoms with Crippen LogP contribution in [0.25, 0.3) is 6.08 Å². The number of benzene rings is 1. The number of Topliss-reactive ketones (excluding diaryl/α,β-unsaturated/α-hetero) is 1. The highest BCUT2D eigenvalue weighted by Crippen LogP contribution is 2.35. The van der Waals surface area contributed by atoms with E-state index in [2.05, 4.69) is 12.8 Å². The molecule has 0 radical (unpaired) electrons. The minimum atomic E-state index is -0.648. The lowest BCUT2D eigenvalue weighted by Crippen LogP contribution is -2.51. The van der Waals surface area contributed by atoms with Crippen LogP contribution in [0.4, 0.5) is 0 Å². The third-order valence-electron chi connectivity index (χ3n) is 6.58. The number of carbonyl (C=O) groups is 3. The van der Waals surface area contributed by atoms with Crippen LogP contribution in [0, 0.1) is 5.92 Å². The van der Waals surface area contributed by atoms with Crippen molar-refractivity contribution in [3.8, 4) is 5.75 Å². The van der Waals surface area contributed by atoms with Gasteiger partial charge in [-0.2, -0.15) is 0 Å². The van der Waals surface area contributed by atoms with E-state index in [1.165, 1.54) is 12.7 Å². The summed E-state index contributed by atoms with van der Waals surface area (Å²) in [6, 6.07) is 4.71. The summed E-state index contributed by atoms with van der Waals surface area (Å²) < 4.78 is 11.8. The third-order valence-corrected chi connectivity index (χ3v) is 7.03. The predicted molar refractivity (Wildman–Crippen MR) is 119 cm³/mol. The number of amides is 1. The number of esters is 1. The quantitative estimate of drug-likeness (QED) is 0.536. The summed E-state index contributed by atoms with van der Waals surface area (Å²) in [5, 5.41) is 0. The van der Waals surface area contributed by atoms with Crippen molar-refractivity contribution in [2.24, 2.45) is 5.92 Å². The lowest BCUT2D eigenvalue weighted by Gasteiger charge is -2.30. The number of hydrogen-bond acceptors (Lipinski definition) is 7. The lowest BCUT2D eigenvalue weighted by atomic mass is 9.90. The molecule has 1 aliphatic carbocycles. The van der Waals surface area contributed by atoms with Crippen molar-refractivity contribution >= 4 is 36.6 Å². The molecule has 2 fully saturated rings. The Morgan fingerprint density at radius 1 is 1.16 bits per heavy atom. The Morgan fingerprint density at radius 3 is 2.71 bits per heavy atom. The van der Waals surface area contributed by atoms with Gasteiger partial charge in [0.05, 0.1) is 14.2 Å². The molecule has 8 heteroatoms. The SMILES string of the molecule is COC(=O)[C@@H]1CCCN1C(=O)[C@H]1C(C(=O)CC2=Cc3cc(OC)ccc3C2)CCN1S. The van der Waals surface area contributed by atoms with Gasteiger partial charge in [-0.25, -0.2) is 9.10 Å². The number of hydrogen-bond donors (Lipinski definition) is 1. The Labute approximate surface area is 187 Å². The van der Waals surface area contributed by atoms with Gasteiger partial charge in [0.2, 0.25) is 5.91 Å². The highest BCUT2D eigenvalue weighted by molar-refractivity contribution is 7.77. The molecule has 0 aromatic heterocycles. The molecular weight excluding hydrogens is 416 g/mol. The fourth-order valence-electron chi connectivity index (χ4n) is 4.97. The number of ketones is 1. The highest BCUT2D eigenvalue weighted by Gasteiger charge is 2.47. The molecule has 7 nitrogen and oxygen atoms in total. The zero-order chi connectivity index (χ0) is 22.1. The number of fused-ring (bicyclic) bond motifs is 1. The summed E-state index contributed by atoms with van der Waals surface area (Å²) in [5.74, 6) is -0.188. The average Bonchev–Trinajstić information content (AvgIpc) is 3.49. The van der Waals surface area contributed by atoms with E-state index >= 15 is 0 Å². The molecule has 3 aliphatic rings. The molecule has 1 amide bonds. The monoisotopic (exact) mass is 444 g/mol. The molecule has 0 N–H and O–H groups in total. The zero-order valence-corrected chi connectivity index (χ0v) is 18.8. The zero-order valence-electron chi connectivity index (χ0n) is 17.9. The van der Waals surface area contributed by atoms with E-state index in [4.69, 9.17) is 9.47 Å². The third kappa shape index (κ3) is 4.23. The molecule has 31 heavy (non-hydrogen) atoms. The van der Waals surface area contributed by atoms with Gasteiger partial charge >= 0.3 is 5.97 Å². The average molecular weight is 445 g/mol. The molecule has 2 heterocycles. The molecule has 0 bridgehead atoms. The van der Waals surface area contributed by atoms with Crippen LogP contribution in [0.5, 0.6) is 5.75 Å². The second kappa shape index (κ2) is 9.04. The second-order valence-corrected chi connectivity index (χ2v) is 8.92. The van der Waals surface area contributed by atoms with Gasteiger partial charge in [-0.3, -0.25) is 9.59 Å². The van der Waals surface area contributed by atoms with Gasteiger partial charge < -0.3 is 14.4 Å². The minimum absolute atomic E-state index is 0.0507. The minimum Gasteiger partial charge on any atom is -0.497 e. The Morgan fingerprint density at radius 2 is 1.97 bits per heavy atom. The standard InChI is InChI=1S/C23H28N2O5S/c1-29-17-6-5-15-10-14(11-16(15)13-17)12-20(26)18-7-9-25(31)21(18)22(27)24-8-3-4-19(24)23(28)30-2/h5-6,11,13,18-19,21,31H,3-4,7-10,12H2,1-2H3/t18?,19-,21+/m0/s1. The van der Waals surface area contributed by atoms with E-state index in [-0.39, 0.29) is 11.7 Å². The molecule has 0 spiro atoms. The van der Waals surface area contributed by atoms with Gasteiger partial charge in [0.25, 0.3) is 0 Å². The van der Waals surface area contributed by atoms with Crippen molar-refractivity contribution < 1.29 is 23.9 Å². The molecule has 1 unspecified atom stereocenters. The Bertz CT molecular complexity index is 931. The molecule has 2 saturated heterocycles. The fraction of sp³-hybridized carbons (Fsp3) is 0.522. The predicted octanol–water partition coefficient (Wildman–Crippen LogP) is 2.29. The summed E-state index contributed by atoms with van der Waals surface area (Å²) in [4.78, 5) is 40.2. The van der Waals surface area contributed by atoms with Gasteiger partial charge in [0.1, 0.15) is 23.6 Å². The number of methoxy groups -OCH3 is 2. The molecule has 1 aromatic rings. The summed E-state index contributed by atoms with van der Waals surface area (Å²) in [5.41, 5.74) is 3.30. The van der Waals surface area contributed by atoms with Gasteiger partial charge in [-0.15, -0.1) is 0 Å². The number of allylic oxidation sites excluding steroid dienone is 1. The number of ether oxygens (including phenoxy) is 2. The maximum absolute atomic E-state index is 13.3. The number of carbonyl (C=O) groups excluding carboxylic acids is 3. The smallest absolute Gasteiger partial charge is 0.328 e. The molecule has 0 saturated carbocycles. The topological polar surface area (TPSA) is 76.1 Å². The first-order chi connectivity index (χ1) is 14.9. The normalized spacial score (nSPS) is 25.3. The van der Waals surface area contributed by atoms with Crippen molar-refractivity contribution in [2.75, 3.05) is 27.3 Å². The van der Waals surface area contributed by atoms with Crippen molar-refractivity contribution in [2.45, 2.75) is 44.2 Å². The number of rotatable bonds is 6. The summed E-state index contributed by atoms with van der Waals surface area (Å²) in [6.45, 7) is 1.06. The fourth-order valence-corrected chi connectivity index (χ4v) is 5.35. The molecule has 1 aromatic carbocycles. The van der Waals surface area contributed by atoms with Crippen molar-refractivity contribution in [3.05, 3.63) is 34.9 Å². The van der Waals surface area contributed by atoms with E-state index in [0.29, 0.717) is 32.4 Å². The molecule has 4 rings (SSSR count).